The molecule has 0 bridgehead atoms. The van der Waals surface area contributed by atoms with E-state index in [1.54, 1.807) is 0 Å². The monoisotopic (exact) mass is 236 g/mol. The number of aromatic amines is 1. The van der Waals surface area contributed by atoms with Crippen LogP contribution in [-0.4, -0.2) is 11.7 Å². The average Bonchev–Trinajstić information content (AvgIpc) is 2.40. The summed E-state index contributed by atoms with van der Waals surface area (Å²) in [6.07, 6.45) is 0. The molecule has 1 N–H and O–H groups in total. The largest absolute Gasteiger partial charge is 0.321 e. The van der Waals surface area contributed by atoms with Gasteiger partial charge in [-0.15, -0.1) is 0 Å². The van der Waals surface area contributed by atoms with Gasteiger partial charge in [-0.1, -0.05) is 24.3 Å². The molecule has 0 atom stereocenters. The molecule has 0 spiro atoms. The van der Waals surface area contributed by atoms with Crippen molar-refractivity contribution in [2.75, 3.05) is 0 Å². The van der Waals surface area contributed by atoms with E-state index in [2.05, 4.69) is 22.8 Å². The number of H-pyrrole nitrogens is 1. The van der Waals surface area contributed by atoms with E-state index in [-0.39, 0.29) is 5.56 Å². The lowest BCUT2D eigenvalue weighted by molar-refractivity contribution is 1.09. The van der Waals surface area contributed by atoms with E-state index < -0.39 is 0 Å². The molecular formula is C15H12N2O. The molecule has 88 valence electrons. The average molecular weight is 236 g/mol. The van der Waals surface area contributed by atoms with Gasteiger partial charge in [0.05, 0.1) is 6.54 Å². The molecule has 1 aromatic heterocycles. The van der Waals surface area contributed by atoms with E-state index in [9.17, 15) is 4.79 Å². The summed E-state index contributed by atoms with van der Waals surface area (Å²) in [6.45, 7) is 4.09. The molecule has 0 unspecified atom stereocenters. The van der Waals surface area contributed by atoms with Crippen LogP contribution >= 0.6 is 0 Å². The number of hydrogen-bond donors (Lipinski definition) is 1. The van der Waals surface area contributed by atoms with Gasteiger partial charge in [0.25, 0.3) is 5.56 Å². The molecule has 0 amide bonds. The van der Waals surface area contributed by atoms with E-state index in [0.29, 0.717) is 11.9 Å². The smallest absolute Gasteiger partial charge is 0.256 e. The first-order valence-electron chi connectivity index (χ1n) is 5.76. The van der Waals surface area contributed by atoms with E-state index >= 15 is 0 Å². The number of benzene rings is 2. The minimum absolute atomic E-state index is 0.0484. The minimum atomic E-state index is -0.0484. The Bertz CT molecular complexity index is 802. The number of nitrogens with one attached hydrogen (secondary N) is 1. The van der Waals surface area contributed by atoms with Crippen molar-refractivity contribution in [1.82, 2.24) is 4.98 Å². The van der Waals surface area contributed by atoms with Gasteiger partial charge in [0.2, 0.25) is 0 Å². The predicted octanol–water partition coefficient (Wildman–Crippen LogP) is 2.88. The van der Waals surface area contributed by atoms with Crippen molar-refractivity contribution in [3.05, 3.63) is 58.4 Å². The molecule has 18 heavy (non-hydrogen) atoms. The zero-order valence-corrected chi connectivity index (χ0v) is 9.81. The van der Waals surface area contributed by atoms with Crippen molar-refractivity contribution in [3.8, 4) is 0 Å². The molecule has 2 aromatic carbocycles. The summed E-state index contributed by atoms with van der Waals surface area (Å²) < 4.78 is 0. The molecule has 3 rings (SSSR count). The van der Waals surface area contributed by atoms with Crippen molar-refractivity contribution in [2.24, 2.45) is 4.99 Å². The zero-order valence-electron chi connectivity index (χ0n) is 9.81. The van der Waals surface area contributed by atoms with Crippen molar-refractivity contribution >= 4 is 28.4 Å². The van der Waals surface area contributed by atoms with E-state index in [0.717, 1.165) is 21.9 Å². The molecule has 3 heteroatoms. The number of hydrogen-bond acceptors (Lipinski definition) is 2. The second-order valence-corrected chi connectivity index (χ2v) is 4.26. The van der Waals surface area contributed by atoms with Gasteiger partial charge in [0, 0.05) is 16.3 Å². The lowest BCUT2D eigenvalue weighted by Crippen LogP contribution is -2.06. The lowest BCUT2D eigenvalue weighted by atomic mass is 10.0. The highest BCUT2D eigenvalue weighted by Gasteiger charge is 2.04. The van der Waals surface area contributed by atoms with E-state index in [1.165, 1.54) is 0 Å². The van der Waals surface area contributed by atoms with Crippen molar-refractivity contribution < 1.29 is 0 Å². The van der Waals surface area contributed by atoms with E-state index in [1.807, 2.05) is 36.4 Å². The first-order chi connectivity index (χ1) is 8.79. The lowest BCUT2D eigenvalue weighted by Gasteiger charge is -2.05. The Labute approximate surface area is 104 Å². The first-order valence-corrected chi connectivity index (χ1v) is 5.76. The van der Waals surface area contributed by atoms with Crippen LogP contribution in [0.15, 0.2) is 52.3 Å². The molecule has 3 aromatic rings. The SMILES string of the molecule is C=NCc1ccc2[nH]c(=O)c3ccccc3c2c1. The maximum atomic E-state index is 11.9. The Balaban J connectivity index is 2.46. The molecule has 0 aliphatic rings. The van der Waals surface area contributed by atoms with Gasteiger partial charge in [-0.2, -0.15) is 0 Å². The summed E-state index contributed by atoms with van der Waals surface area (Å²) >= 11 is 0. The van der Waals surface area contributed by atoms with Crippen LogP contribution in [0.3, 0.4) is 0 Å². The first kappa shape index (κ1) is 10.7. The number of fused-ring (bicyclic) bond motifs is 3. The van der Waals surface area contributed by atoms with Gasteiger partial charge >= 0.3 is 0 Å². The maximum absolute atomic E-state index is 11.9. The summed E-state index contributed by atoms with van der Waals surface area (Å²) in [6, 6.07) is 13.6. The summed E-state index contributed by atoms with van der Waals surface area (Å²) in [5, 5.41) is 2.74. The van der Waals surface area contributed by atoms with Crippen molar-refractivity contribution in [1.29, 1.82) is 0 Å². The van der Waals surface area contributed by atoms with Gasteiger partial charge in [-0.25, -0.2) is 0 Å². The van der Waals surface area contributed by atoms with Crippen LogP contribution in [0.25, 0.3) is 21.7 Å². The summed E-state index contributed by atoms with van der Waals surface area (Å²) in [7, 11) is 0. The standard InChI is InChI=1S/C15H12N2O/c1-16-9-10-6-7-14-13(8-10)11-4-2-3-5-12(11)15(18)17-14/h2-8H,1,9H2,(H,17,18). The highest BCUT2D eigenvalue weighted by molar-refractivity contribution is 6.05. The summed E-state index contributed by atoms with van der Waals surface area (Å²) in [5.41, 5.74) is 1.90. The van der Waals surface area contributed by atoms with Crippen LogP contribution in [-0.2, 0) is 6.54 Å². The molecule has 3 nitrogen and oxygen atoms in total. The highest BCUT2D eigenvalue weighted by Crippen LogP contribution is 2.22. The summed E-state index contributed by atoms with van der Waals surface area (Å²) in [4.78, 5) is 18.7. The van der Waals surface area contributed by atoms with Gasteiger partial charge in [-0.05, 0) is 35.9 Å². The maximum Gasteiger partial charge on any atom is 0.256 e. The van der Waals surface area contributed by atoms with Crippen LogP contribution in [0.1, 0.15) is 5.56 Å². The number of rotatable bonds is 2. The fourth-order valence-electron chi connectivity index (χ4n) is 2.26. The predicted molar refractivity (Wildman–Crippen MR) is 75.3 cm³/mol. The fraction of sp³-hybridized carbons (Fsp3) is 0.0667. The van der Waals surface area contributed by atoms with Gasteiger partial charge in [0.1, 0.15) is 0 Å². The quantitative estimate of drug-likeness (QED) is 0.539. The summed E-state index contributed by atoms with van der Waals surface area (Å²) in [5.74, 6) is 0. The molecule has 0 saturated heterocycles. The van der Waals surface area contributed by atoms with Crippen LogP contribution in [0.5, 0.6) is 0 Å². The molecule has 1 heterocycles. The molecule has 0 aliphatic carbocycles. The number of nitrogens with zero attached hydrogens (tertiary/aromatic N) is 1. The third kappa shape index (κ3) is 1.61. The molecule has 0 aliphatic heterocycles. The molecule has 0 fully saturated rings. The van der Waals surface area contributed by atoms with Gasteiger partial charge < -0.3 is 4.98 Å². The van der Waals surface area contributed by atoms with Crippen LogP contribution in [0, 0.1) is 0 Å². The molecule has 0 saturated carbocycles. The third-order valence-electron chi connectivity index (χ3n) is 3.09. The van der Waals surface area contributed by atoms with Crippen molar-refractivity contribution in [3.63, 3.8) is 0 Å². The number of aliphatic imine (C=N–C) groups is 1. The number of aromatic nitrogens is 1. The third-order valence-corrected chi connectivity index (χ3v) is 3.09. The fourth-order valence-corrected chi connectivity index (χ4v) is 2.26. The Kier molecular flexibility index (Phi) is 2.45. The highest BCUT2D eigenvalue weighted by atomic mass is 16.1. The van der Waals surface area contributed by atoms with Crippen molar-refractivity contribution in [2.45, 2.75) is 6.54 Å². The van der Waals surface area contributed by atoms with E-state index in [4.69, 9.17) is 0 Å². The Morgan fingerprint density at radius 3 is 2.61 bits per heavy atom. The number of pyridine rings is 1. The topological polar surface area (TPSA) is 45.2 Å². The van der Waals surface area contributed by atoms with Crippen LogP contribution in [0.2, 0.25) is 0 Å². The second-order valence-electron chi connectivity index (χ2n) is 4.26. The molecular weight excluding hydrogens is 224 g/mol. The zero-order chi connectivity index (χ0) is 12.5. The minimum Gasteiger partial charge on any atom is -0.321 e. The Morgan fingerprint density at radius 1 is 1.06 bits per heavy atom. The van der Waals surface area contributed by atoms with Crippen LogP contribution in [0.4, 0.5) is 0 Å². The normalized spacial score (nSPS) is 10.9. The van der Waals surface area contributed by atoms with Gasteiger partial charge in [0.15, 0.2) is 0 Å². The Morgan fingerprint density at radius 2 is 1.83 bits per heavy atom. The van der Waals surface area contributed by atoms with Crippen LogP contribution < -0.4 is 5.56 Å². The molecule has 0 radical (unpaired) electrons. The van der Waals surface area contributed by atoms with Gasteiger partial charge in [-0.3, -0.25) is 9.79 Å². The Hall–Kier alpha value is -2.42. The second kappa shape index (κ2) is 4.11.